The summed E-state index contributed by atoms with van der Waals surface area (Å²) < 4.78 is 13.4. The Balaban J connectivity index is 1.40. The van der Waals surface area contributed by atoms with Crippen molar-refractivity contribution in [1.29, 1.82) is 0 Å². The highest BCUT2D eigenvalue weighted by Gasteiger charge is 2.18. The summed E-state index contributed by atoms with van der Waals surface area (Å²) in [5, 5.41) is 11.2. The number of H-pyrrole nitrogens is 2. The molecule has 2 aromatic carbocycles. The quantitative estimate of drug-likeness (QED) is 0.340. The molecule has 0 fully saturated rings. The van der Waals surface area contributed by atoms with Gasteiger partial charge in [-0.15, -0.1) is 0 Å². The number of hydrogen-bond acceptors (Lipinski definition) is 5. The monoisotopic (exact) mass is 479 g/mol. The molecule has 1 aliphatic rings. The Bertz CT molecular complexity index is 1660. The highest BCUT2D eigenvalue weighted by atomic mass is 19.1. The van der Waals surface area contributed by atoms with Crippen LogP contribution in [0.5, 0.6) is 0 Å². The van der Waals surface area contributed by atoms with Crippen molar-refractivity contribution in [3.05, 3.63) is 72.2 Å². The van der Waals surface area contributed by atoms with Crippen molar-refractivity contribution in [2.45, 2.75) is 19.4 Å². The standard InChI is InChI=1S/C27H22FN7O/c1-2-23(36)31-19-10-16(12-29-14-19)17-11-21-25(34-35-26(21)30-13-17)27-32-22-5-3-4-20(24(22)33-27)15-6-8-18(28)9-7-15/h3-13,19H,2,14H2,1H3,(H,31,36)(H,32,33)(H,30,34,35). The minimum absolute atomic E-state index is 0.0108. The number of halogens is 1. The number of carbonyl (C=O) groups excluding carboxylic acids is 1. The number of fused-ring (bicyclic) bond motifs is 2. The van der Waals surface area contributed by atoms with Crippen molar-refractivity contribution in [2.24, 2.45) is 4.99 Å². The molecule has 0 radical (unpaired) electrons. The molecule has 8 nitrogen and oxygen atoms in total. The molecule has 0 saturated heterocycles. The van der Waals surface area contributed by atoms with Crippen LogP contribution in [0.15, 0.2) is 65.8 Å². The van der Waals surface area contributed by atoms with Crippen LogP contribution in [0.25, 0.3) is 50.3 Å². The maximum Gasteiger partial charge on any atom is 0.220 e. The molecule has 1 amide bonds. The molecule has 6 rings (SSSR count). The van der Waals surface area contributed by atoms with Gasteiger partial charge >= 0.3 is 0 Å². The smallest absolute Gasteiger partial charge is 0.220 e. The highest BCUT2D eigenvalue weighted by molar-refractivity contribution is 6.11. The lowest BCUT2D eigenvalue weighted by Gasteiger charge is -2.17. The van der Waals surface area contributed by atoms with Crippen LogP contribution in [-0.2, 0) is 4.79 Å². The predicted molar refractivity (Wildman–Crippen MR) is 138 cm³/mol. The summed E-state index contributed by atoms with van der Waals surface area (Å²) in [7, 11) is 0. The fourth-order valence-electron chi connectivity index (χ4n) is 4.39. The van der Waals surface area contributed by atoms with Gasteiger partial charge in [-0.2, -0.15) is 5.10 Å². The van der Waals surface area contributed by atoms with E-state index in [2.05, 4.69) is 30.5 Å². The Morgan fingerprint density at radius 2 is 2.03 bits per heavy atom. The van der Waals surface area contributed by atoms with E-state index in [1.807, 2.05) is 37.3 Å². The normalized spacial score (nSPS) is 15.4. The molecule has 1 aliphatic heterocycles. The van der Waals surface area contributed by atoms with Gasteiger partial charge in [0, 0.05) is 30.0 Å². The summed E-state index contributed by atoms with van der Waals surface area (Å²) >= 11 is 0. The number of pyridine rings is 1. The number of aromatic nitrogens is 5. The number of para-hydroxylation sites is 1. The van der Waals surface area contributed by atoms with Gasteiger partial charge in [-0.05, 0) is 35.4 Å². The van der Waals surface area contributed by atoms with Crippen molar-refractivity contribution in [2.75, 3.05) is 6.54 Å². The molecule has 1 unspecified atom stereocenters. The molecule has 9 heteroatoms. The van der Waals surface area contributed by atoms with Crippen molar-refractivity contribution in [1.82, 2.24) is 30.5 Å². The Morgan fingerprint density at radius 3 is 2.86 bits per heavy atom. The molecule has 0 saturated carbocycles. The summed E-state index contributed by atoms with van der Waals surface area (Å²) in [6.07, 6.45) is 5.99. The minimum Gasteiger partial charge on any atom is -0.348 e. The third kappa shape index (κ3) is 3.94. The number of nitrogens with one attached hydrogen (secondary N) is 3. The minimum atomic E-state index is -0.280. The molecule has 0 aliphatic carbocycles. The first kappa shape index (κ1) is 21.8. The van der Waals surface area contributed by atoms with Crippen molar-refractivity contribution in [3.63, 3.8) is 0 Å². The van der Waals surface area contributed by atoms with E-state index in [0.717, 1.165) is 38.7 Å². The van der Waals surface area contributed by atoms with Gasteiger partial charge in [0.15, 0.2) is 11.5 Å². The van der Waals surface area contributed by atoms with E-state index in [4.69, 9.17) is 4.98 Å². The lowest BCUT2D eigenvalue weighted by Crippen LogP contribution is -2.36. The van der Waals surface area contributed by atoms with Gasteiger partial charge in [0.1, 0.15) is 11.5 Å². The number of nitrogens with zero attached hydrogens (tertiary/aromatic N) is 4. The Kier molecular flexibility index (Phi) is 5.37. The van der Waals surface area contributed by atoms with E-state index in [-0.39, 0.29) is 17.8 Å². The third-order valence-electron chi connectivity index (χ3n) is 6.22. The number of rotatable bonds is 5. The number of benzene rings is 2. The molecule has 3 aromatic heterocycles. The van der Waals surface area contributed by atoms with Crippen LogP contribution in [0.4, 0.5) is 4.39 Å². The van der Waals surface area contributed by atoms with Gasteiger partial charge in [0.05, 0.1) is 29.0 Å². The van der Waals surface area contributed by atoms with Gasteiger partial charge in [0.25, 0.3) is 0 Å². The Labute approximate surface area is 205 Å². The number of amides is 1. The SMILES string of the molecule is CCC(=O)NC1C=C(c2cnc3[nH]nc(-c4nc5c(-c6ccc(F)cc6)cccc5[nH]4)c3c2)C=NC1. The third-order valence-corrected chi connectivity index (χ3v) is 6.22. The lowest BCUT2D eigenvalue weighted by molar-refractivity contribution is -0.121. The molecule has 1 atom stereocenters. The van der Waals surface area contributed by atoms with Gasteiger partial charge < -0.3 is 10.3 Å². The zero-order chi connectivity index (χ0) is 24.6. The number of aromatic amines is 2. The van der Waals surface area contributed by atoms with Crippen LogP contribution >= 0.6 is 0 Å². The largest absolute Gasteiger partial charge is 0.348 e. The fraction of sp³-hybridized carbons (Fsp3) is 0.148. The van der Waals surface area contributed by atoms with Crippen LogP contribution in [0.1, 0.15) is 18.9 Å². The zero-order valence-electron chi connectivity index (χ0n) is 19.4. The van der Waals surface area contributed by atoms with Crippen LogP contribution in [0, 0.1) is 5.82 Å². The zero-order valence-corrected chi connectivity index (χ0v) is 19.4. The maximum atomic E-state index is 13.4. The van der Waals surface area contributed by atoms with E-state index in [0.29, 0.717) is 30.1 Å². The van der Waals surface area contributed by atoms with Crippen LogP contribution in [0.2, 0.25) is 0 Å². The number of imidazole rings is 1. The second-order valence-electron chi connectivity index (χ2n) is 8.63. The molecular formula is C27H22FN7O. The second-order valence-corrected chi connectivity index (χ2v) is 8.63. The predicted octanol–water partition coefficient (Wildman–Crippen LogP) is 4.67. The number of carbonyl (C=O) groups is 1. The molecule has 0 bridgehead atoms. The average molecular weight is 480 g/mol. The van der Waals surface area contributed by atoms with Crippen molar-refractivity contribution < 1.29 is 9.18 Å². The molecule has 5 aromatic rings. The van der Waals surface area contributed by atoms with E-state index in [1.54, 1.807) is 24.5 Å². The number of dihydropyridines is 1. The summed E-state index contributed by atoms with van der Waals surface area (Å²) in [6, 6.07) is 14.1. The number of allylic oxidation sites excluding steroid dienone is 1. The summed E-state index contributed by atoms with van der Waals surface area (Å²) in [5.41, 5.74) is 6.43. The first-order valence-corrected chi connectivity index (χ1v) is 11.7. The van der Waals surface area contributed by atoms with Gasteiger partial charge in [-0.3, -0.25) is 14.9 Å². The Hall–Kier alpha value is -4.66. The van der Waals surface area contributed by atoms with Crippen molar-refractivity contribution in [3.8, 4) is 22.6 Å². The molecule has 3 N–H and O–H groups in total. The van der Waals surface area contributed by atoms with Gasteiger partial charge in [0.2, 0.25) is 5.91 Å². The Morgan fingerprint density at radius 1 is 1.17 bits per heavy atom. The van der Waals surface area contributed by atoms with Crippen LogP contribution < -0.4 is 5.32 Å². The number of aliphatic imine (C=N–C) groups is 1. The molecule has 4 heterocycles. The van der Waals surface area contributed by atoms with E-state index in [1.165, 1.54) is 12.1 Å². The molecular weight excluding hydrogens is 457 g/mol. The molecule has 36 heavy (non-hydrogen) atoms. The van der Waals surface area contributed by atoms with Gasteiger partial charge in [-0.1, -0.05) is 37.3 Å². The second kappa shape index (κ2) is 8.84. The van der Waals surface area contributed by atoms with E-state index in [9.17, 15) is 9.18 Å². The highest BCUT2D eigenvalue weighted by Crippen LogP contribution is 2.32. The van der Waals surface area contributed by atoms with Gasteiger partial charge in [-0.25, -0.2) is 14.4 Å². The van der Waals surface area contributed by atoms with Crippen molar-refractivity contribution >= 4 is 39.8 Å². The fourth-order valence-corrected chi connectivity index (χ4v) is 4.39. The lowest BCUT2D eigenvalue weighted by atomic mass is 10.0. The van der Waals surface area contributed by atoms with Crippen LogP contribution in [0.3, 0.4) is 0 Å². The molecule has 178 valence electrons. The molecule has 0 spiro atoms. The first-order chi connectivity index (χ1) is 17.6. The summed E-state index contributed by atoms with van der Waals surface area (Å²) in [5.74, 6) is 0.310. The summed E-state index contributed by atoms with van der Waals surface area (Å²) in [4.78, 5) is 29.0. The average Bonchev–Trinajstić information content (AvgIpc) is 3.53. The van der Waals surface area contributed by atoms with E-state index >= 15 is 0 Å². The first-order valence-electron chi connectivity index (χ1n) is 11.7. The van der Waals surface area contributed by atoms with Crippen LogP contribution in [-0.4, -0.2) is 49.9 Å². The number of hydrogen-bond donors (Lipinski definition) is 3. The topological polar surface area (TPSA) is 112 Å². The maximum absolute atomic E-state index is 13.4. The summed E-state index contributed by atoms with van der Waals surface area (Å²) in [6.45, 7) is 2.34. The van der Waals surface area contributed by atoms with E-state index < -0.39 is 0 Å².